The van der Waals surface area contributed by atoms with E-state index in [0.717, 1.165) is 16.9 Å². The molecular formula is C15H15NOS. The molecule has 2 rings (SSSR count). The smallest absolute Gasteiger partial charge is 0.120 e. The van der Waals surface area contributed by atoms with Crippen LogP contribution in [0.15, 0.2) is 48.5 Å². The number of benzene rings is 2. The first-order valence-corrected chi connectivity index (χ1v) is 6.14. The van der Waals surface area contributed by atoms with Crippen LogP contribution in [0.3, 0.4) is 0 Å². The molecule has 0 unspecified atom stereocenters. The molecule has 2 nitrogen and oxygen atoms in total. The summed E-state index contributed by atoms with van der Waals surface area (Å²) in [5, 5.41) is 0. The van der Waals surface area contributed by atoms with Gasteiger partial charge in [-0.25, -0.2) is 0 Å². The summed E-state index contributed by atoms with van der Waals surface area (Å²) < 4.78 is 5.72. The van der Waals surface area contributed by atoms with E-state index in [4.69, 9.17) is 22.7 Å². The van der Waals surface area contributed by atoms with Gasteiger partial charge in [0.15, 0.2) is 0 Å². The quantitative estimate of drug-likeness (QED) is 0.854. The molecule has 18 heavy (non-hydrogen) atoms. The normalized spacial score (nSPS) is 10.1. The second-order valence-corrected chi connectivity index (χ2v) is 4.61. The largest absolute Gasteiger partial charge is 0.489 e. The van der Waals surface area contributed by atoms with Gasteiger partial charge in [-0.3, -0.25) is 0 Å². The zero-order valence-electron chi connectivity index (χ0n) is 10.2. The summed E-state index contributed by atoms with van der Waals surface area (Å²) in [4.78, 5) is 0.410. The van der Waals surface area contributed by atoms with Crippen LogP contribution in [0.25, 0.3) is 0 Å². The van der Waals surface area contributed by atoms with E-state index < -0.39 is 0 Å². The Morgan fingerprint density at radius 2 is 1.94 bits per heavy atom. The van der Waals surface area contributed by atoms with Gasteiger partial charge >= 0.3 is 0 Å². The van der Waals surface area contributed by atoms with Crippen molar-refractivity contribution in [3.05, 3.63) is 65.2 Å². The lowest BCUT2D eigenvalue weighted by Gasteiger charge is -2.08. The van der Waals surface area contributed by atoms with Gasteiger partial charge in [0.25, 0.3) is 0 Å². The van der Waals surface area contributed by atoms with Crippen LogP contribution in [0.2, 0.25) is 0 Å². The molecule has 0 aliphatic heterocycles. The average Bonchev–Trinajstić information content (AvgIpc) is 2.37. The predicted octanol–water partition coefficient (Wildman–Crippen LogP) is 3.21. The fourth-order valence-electron chi connectivity index (χ4n) is 1.69. The van der Waals surface area contributed by atoms with Crippen LogP contribution in [0.4, 0.5) is 0 Å². The first-order chi connectivity index (χ1) is 8.65. The van der Waals surface area contributed by atoms with Gasteiger partial charge in [-0.2, -0.15) is 0 Å². The maximum atomic E-state index is 5.72. The minimum Gasteiger partial charge on any atom is -0.489 e. The van der Waals surface area contributed by atoms with Crippen LogP contribution in [0.1, 0.15) is 16.7 Å². The summed E-state index contributed by atoms with van der Waals surface area (Å²) in [6, 6.07) is 15.8. The van der Waals surface area contributed by atoms with Crippen LogP contribution in [0, 0.1) is 6.92 Å². The lowest BCUT2D eigenvalue weighted by atomic mass is 10.1. The van der Waals surface area contributed by atoms with Crippen molar-refractivity contribution in [2.45, 2.75) is 13.5 Å². The van der Waals surface area contributed by atoms with Crippen molar-refractivity contribution >= 4 is 17.2 Å². The summed E-state index contributed by atoms with van der Waals surface area (Å²) in [6.07, 6.45) is 0. The zero-order chi connectivity index (χ0) is 13.0. The van der Waals surface area contributed by atoms with E-state index in [9.17, 15) is 0 Å². The molecule has 3 heteroatoms. The Labute approximate surface area is 112 Å². The summed E-state index contributed by atoms with van der Waals surface area (Å²) in [7, 11) is 0. The van der Waals surface area contributed by atoms with Gasteiger partial charge in [-0.1, -0.05) is 42.5 Å². The molecule has 2 aromatic rings. The molecule has 0 amide bonds. The van der Waals surface area contributed by atoms with Crippen LogP contribution in [-0.4, -0.2) is 4.99 Å². The highest BCUT2D eigenvalue weighted by atomic mass is 32.1. The van der Waals surface area contributed by atoms with E-state index >= 15 is 0 Å². The topological polar surface area (TPSA) is 35.2 Å². The van der Waals surface area contributed by atoms with Crippen molar-refractivity contribution in [3.8, 4) is 5.75 Å². The standard InChI is InChI=1S/C15H15NOS/c1-11-4-2-7-14(8-11)17-10-12-5-3-6-13(9-12)15(16)18/h2-9H,10H2,1H3,(H2,16,18). The molecule has 0 bridgehead atoms. The molecule has 0 saturated heterocycles. The fraction of sp³-hybridized carbons (Fsp3) is 0.133. The maximum absolute atomic E-state index is 5.72. The molecule has 0 radical (unpaired) electrons. The highest BCUT2D eigenvalue weighted by Crippen LogP contribution is 2.15. The number of hydrogen-bond acceptors (Lipinski definition) is 2. The van der Waals surface area contributed by atoms with Crippen LogP contribution in [0.5, 0.6) is 5.75 Å². The molecule has 0 aromatic heterocycles. The van der Waals surface area contributed by atoms with Gasteiger partial charge in [0.05, 0.1) is 0 Å². The molecule has 0 aliphatic carbocycles. The second-order valence-electron chi connectivity index (χ2n) is 4.17. The van der Waals surface area contributed by atoms with E-state index in [2.05, 4.69) is 0 Å². The van der Waals surface area contributed by atoms with Crippen molar-refractivity contribution in [1.29, 1.82) is 0 Å². The minimum atomic E-state index is 0.410. The van der Waals surface area contributed by atoms with E-state index in [1.807, 2.05) is 55.5 Å². The molecule has 0 atom stereocenters. The maximum Gasteiger partial charge on any atom is 0.120 e. The molecule has 0 saturated carbocycles. The third-order valence-electron chi connectivity index (χ3n) is 2.61. The highest BCUT2D eigenvalue weighted by Gasteiger charge is 2.00. The van der Waals surface area contributed by atoms with Gasteiger partial charge in [0.1, 0.15) is 17.3 Å². The first-order valence-electron chi connectivity index (χ1n) is 5.73. The Balaban J connectivity index is 2.06. The number of thiocarbonyl (C=S) groups is 1. The number of hydrogen-bond donors (Lipinski definition) is 1. The Kier molecular flexibility index (Phi) is 3.95. The predicted molar refractivity (Wildman–Crippen MR) is 77.8 cm³/mol. The highest BCUT2D eigenvalue weighted by molar-refractivity contribution is 7.80. The number of rotatable bonds is 4. The molecule has 0 aliphatic rings. The number of aryl methyl sites for hydroxylation is 1. The molecule has 0 fully saturated rings. The molecule has 2 N–H and O–H groups in total. The van der Waals surface area contributed by atoms with E-state index in [0.29, 0.717) is 11.6 Å². The van der Waals surface area contributed by atoms with Gasteiger partial charge in [0, 0.05) is 5.56 Å². The van der Waals surface area contributed by atoms with E-state index in [-0.39, 0.29) is 0 Å². The monoisotopic (exact) mass is 257 g/mol. The lowest BCUT2D eigenvalue weighted by molar-refractivity contribution is 0.306. The molecule has 2 aromatic carbocycles. The number of ether oxygens (including phenoxy) is 1. The SMILES string of the molecule is Cc1cccc(OCc2cccc(C(N)=S)c2)c1. The molecule has 0 heterocycles. The van der Waals surface area contributed by atoms with E-state index in [1.54, 1.807) is 0 Å². The number of nitrogens with two attached hydrogens (primary N) is 1. The Bertz CT molecular complexity index is 566. The van der Waals surface area contributed by atoms with E-state index in [1.165, 1.54) is 5.56 Å². The van der Waals surface area contributed by atoms with Crippen LogP contribution >= 0.6 is 12.2 Å². The zero-order valence-corrected chi connectivity index (χ0v) is 11.0. The average molecular weight is 257 g/mol. The third kappa shape index (κ3) is 3.31. The van der Waals surface area contributed by atoms with Crippen LogP contribution < -0.4 is 10.5 Å². The summed E-state index contributed by atoms with van der Waals surface area (Å²) in [5.41, 5.74) is 8.71. The second kappa shape index (κ2) is 5.65. The van der Waals surface area contributed by atoms with Gasteiger partial charge < -0.3 is 10.5 Å². The van der Waals surface area contributed by atoms with Crippen molar-refractivity contribution in [3.63, 3.8) is 0 Å². The van der Waals surface area contributed by atoms with Gasteiger partial charge in [0.2, 0.25) is 0 Å². The summed E-state index contributed by atoms with van der Waals surface area (Å²) in [5.74, 6) is 0.871. The van der Waals surface area contributed by atoms with Gasteiger partial charge in [-0.15, -0.1) is 0 Å². The Morgan fingerprint density at radius 3 is 2.67 bits per heavy atom. The van der Waals surface area contributed by atoms with Crippen LogP contribution in [-0.2, 0) is 6.61 Å². The molecule has 0 spiro atoms. The molecule has 92 valence electrons. The first kappa shape index (κ1) is 12.6. The van der Waals surface area contributed by atoms with Crippen molar-refractivity contribution in [2.75, 3.05) is 0 Å². The lowest BCUT2D eigenvalue weighted by Crippen LogP contribution is -2.09. The summed E-state index contributed by atoms with van der Waals surface area (Å²) >= 11 is 4.95. The third-order valence-corrected chi connectivity index (χ3v) is 2.84. The minimum absolute atomic E-state index is 0.410. The van der Waals surface area contributed by atoms with Crippen molar-refractivity contribution in [1.82, 2.24) is 0 Å². The summed E-state index contributed by atoms with van der Waals surface area (Å²) in [6.45, 7) is 2.56. The Hall–Kier alpha value is -1.87. The van der Waals surface area contributed by atoms with Crippen molar-refractivity contribution < 1.29 is 4.74 Å². The fourth-order valence-corrected chi connectivity index (χ4v) is 1.81. The van der Waals surface area contributed by atoms with Crippen molar-refractivity contribution in [2.24, 2.45) is 5.73 Å². The Morgan fingerprint density at radius 1 is 1.17 bits per heavy atom. The van der Waals surface area contributed by atoms with Gasteiger partial charge in [-0.05, 0) is 36.2 Å². The molecular weight excluding hydrogens is 242 g/mol.